The maximum absolute atomic E-state index is 11.6. The molecule has 0 fully saturated rings. The first-order valence-corrected chi connectivity index (χ1v) is 10.7. The summed E-state index contributed by atoms with van der Waals surface area (Å²) in [6, 6.07) is 17.9. The zero-order valence-corrected chi connectivity index (χ0v) is 17.1. The van der Waals surface area contributed by atoms with E-state index >= 15 is 0 Å². The highest BCUT2D eigenvalue weighted by molar-refractivity contribution is 7.19. The van der Waals surface area contributed by atoms with Crippen LogP contribution in [0.5, 0.6) is 0 Å². The number of aromatic nitrogens is 2. The molecule has 0 saturated carbocycles. The molecule has 0 saturated heterocycles. The van der Waals surface area contributed by atoms with Crippen LogP contribution in [0, 0.1) is 0 Å². The third kappa shape index (κ3) is 3.54. The largest absolute Gasteiger partial charge is 0.340 e. The Morgan fingerprint density at radius 3 is 2.59 bits per heavy atom. The molecule has 5 rings (SSSR count). The Morgan fingerprint density at radius 1 is 1.03 bits per heavy atom. The molecule has 29 heavy (non-hydrogen) atoms. The maximum Gasteiger partial charge on any atom is 0.159 e. The molecule has 144 valence electrons. The number of hydrogen-bond donors (Lipinski definition) is 1. The van der Waals surface area contributed by atoms with Gasteiger partial charge in [0.15, 0.2) is 5.78 Å². The van der Waals surface area contributed by atoms with Crippen LogP contribution in [-0.4, -0.2) is 15.8 Å². The minimum absolute atomic E-state index is 0.0711. The molecule has 0 unspecified atom stereocenters. The van der Waals surface area contributed by atoms with Gasteiger partial charge in [-0.05, 0) is 61.6 Å². The van der Waals surface area contributed by atoms with Crippen molar-refractivity contribution < 1.29 is 4.79 Å². The Morgan fingerprint density at radius 2 is 1.83 bits per heavy atom. The van der Waals surface area contributed by atoms with E-state index in [0.29, 0.717) is 12.0 Å². The number of thiophene rings is 1. The average molecular weight is 400 g/mol. The minimum atomic E-state index is 0.0711. The standard InChI is InChI=1S/C24H21N3OS/c1-15(28)17-10-12-18(13-11-17)25-23-22-19-8-5-9-20(19)29-24(22)27-21(26-23)14-16-6-3-2-4-7-16/h2-4,6-7,10-13H,5,8-9,14H2,1H3,(H,25,26,27). The van der Waals surface area contributed by atoms with E-state index in [-0.39, 0.29) is 5.78 Å². The quantitative estimate of drug-likeness (QED) is 0.436. The lowest BCUT2D eigenvalue weighted by molar-refractivity contribution is 0.101. The van der Waals surface area contributed by atoms with Crippen LogP contribution >= 0.6 is 11.3 Å². The molecule has 1 N–H and O–H groups in total. The number of nitrogens with zero attached hydrogens (tertiary/aromatic N) is 2. The fourth-order valence-corrected chi connectivity index (χ4v) is 5.19. The van der Waals surface area contributed by atoms with Crippen molar-refractivity contribution in [3.8, 4) is 0 Å². The van der Waals surface area contributed by atoms with Crippen molar-refractivity contribution in [1.29, 1.82) is 0 Å². The normalized spacial score (nSPS) is 12.9. The van der Waals surface area contributed by atoms with E-state index in [2.05, 4.69) is 17.4 Å². The third-order valence-electron chi connectivity index (χ3n) is 5.37. The summed E-state index contributed by atoms with van der Waals surface area (Å²) in [5, 5.41) is 4.66. The molecule has 2 aromatic heterocycles. The third-order valence-corrected chi connectivity index (χ3v) is 6.56. The van der Waals surface area contributed by atoms with Gasteiger partial charge in [-0.3, -0.25) is 4.79 Å². The monoisotopic (exact) mass is 399 g/mol. The zero-order chi connectivity index (χ0) is 19.8. The van der Waals surface area contributed by atoms with E-state index in [4.69, 9.17) is 9.97 Å². The fraction of sp³-hybridized carbons (Fsp3) is 0.208. The number of anilines is 2. The lowest BCUT2D eigenvalue weighted by Gasteiger charge is -2.11. The molecule has 0 atom stereocenters. The highest BCUT2D eigenvalue weighted by Crippen LogP contribution is 2.40. The van der Waals surface area contributed by atoms with Crippen LogP contribution in [0.25, 0.3) is 10.2 Å². The Balaban J connectivity index is 1.56. The Labute approximate surface area is 173 Å². The number of fused-ring (bicyclic) bond motifs is 3. The average Bonchev–Trinajstić information content (AvgIpc) is 3.30. The van der Waals surface area contributed by atoms with Crippen molar-refractivity contribution in [2.75, 3.05) is 5.32 Å². The number of Topliss-reactive ketones (excluding diaryl/α,β-unsaturated/α-hetero) is 1. The first kappa shape index (κ1) is 18.0. The van der Waals surface area contributed by atoms with Gasteiger partial charge in [-0.1, -0.05) is 30.3 Å². The topological polar surface area (TPSA) is 54.9 Å². The number of aryl methyl sites for hydroxylation is 2. The minimum Gasteiger partial charge on any atom is -0.340 e. The van der Waals surface area contributed by atoms with Gasteiger partial charge in [0.05, 0.1) is 5.39 Å². The molecule has 4 nitrogen and oxygen atoms in total. The van der Waals surface area contributed by atoms with Crippen LogP contribution < -0.4 is 5.32 Å². The molecule has 0 bridgehead atoms. The second kappa shape index (κ2) is 7.41. The van der Waals surface area contributed by atoms with Crippen LogP contribution in [0.1, 0.15) is 45.5 Å². The molecule has 2 aromatic carbocycles. The first-order chi connectivity index (χ1) is 14.2. The van der Waals surface area contributed by atoms with Crippen molar-refractivity contribution in [2.24, 2.45) is 0 Å². The number of nitrogens with one attached hydrogen (secondary N) is 1. The molecule has 5 heteroatoms. The SMILES string of the molecule is CC(=O)c1ccc(Nc2nc(Cc3ccccc3)nc3sc4c(c23)CCC4)cc1. The van der Waals surface area contributed by atoms with E-state index in [1.807, 2.05) is 42.5 Å². The summed E-state index contributed by atoms with van der Waals surface area (Å²) in [6.45, 7) is 1.58. The summed E-state index contributed by atoms with van der Waals surface area (Å²) in [4.78, 5) is 23.9. The summed E-state index contributed by atoms with van der Waals surface area (Å²) < 4.78 is 0. The number of carbonyl (C=O) groups excluding carboxylic acids is 1. The van der Waals surface area contributed by atoms with Gasteiger partial charge in [0.25, 0.3) is 0 Å². The number of rotatable bonds is 5. The molecule has 0 amide bonds. The molecule has 1 aliphatic carbocycles. The molecule has 2 heterocycles. The van der Waals surface area contributed by atoms with Gasteiger partial charge in [-0.15, -0.1) is 11.3 Å². The predicted molar refractivity (Wildman–Crippen MR) is 118 cm³/mol. The van der Waals surface area contributed by atoms with Crippen molar-refractivity contribution >= 4 is 38.8 Å². The number of benzene rings is 2. The highest BCUT2D eigenvalue weighted by atomic mass is 32.1. The number of hydrogen-bond acceptors (Lipinski definition) is 5. The van der Waals surface area contributed by atoms with Gasteiger partial charge >= 0.3 is 0 Å². The van der Waals surface area contributed by atoms with Crippen LogP contribution in [0.2, 0.25) is 0 Å². The molecule has 1 aliphatic rings. The summed E-state index contributed by atoms with van der Waals surface area (Å²) in [7, 11) is 0. The summed E-state index contributed by atoms with van der Waals surface area (Å²) >= 11 is 1.81. The van der Waals surface area contributed by atoms with E-state index in [9.17, 15) is 4.79 Å². The molecule has 4 aromatic rings. The molecule has 0 radical (unpaired) electrons. The Kier molecular flexibility index (Phi) is 4.60. The Bertz CT molecular complexity index is 1200. The van der Waals surface area contributed by atoms with E-state index in [1.165, 1.54) is 22.4 Å². The summed E-state index contributed by atoms with van der Waals surface area (Å²) in [5.74, 6) is 1.77. The van der Waals surface area contributed by atoms with Crippen LogP contribution in [0.3, 0.4) is 0 Å². The molecular weight excluding hydrogens is 378 g/mol. The van der Waals surface area contributed by atoms with Crippen molar-refractivity contribution in [2.45, 2.75) is 32.6 Å². The number of ketones is 1. The van der Waals surface area contributed by atoms with Crippen LogP contribution in [0.4, 0.5) is 11.5 Å². The summed E-state index contributed by atoms with van der Waals surface area (Å²) in [5.41, 5.74) is 4.25. The maximum atomic E-state index is 11.6. The second-order valence-corrected chi connectivity index (χ2v) is 8.53. The summed E-state index contributed by atoms with van der Waals surface area (Å²) in [6.07, 6.45) is 4.14. The second-order valence-electron chi connectivity index (χ2n) is 7.45. The lowest BCUT2D eigenvalue weighted by Crippen LogP contribution is -2.03. The van der Waals surface area contributed by atoms with Crippen molar-refractivity contribution in [1.82, 2.24) is 9.97 Å². The van der Waals surface area contributed by atoms with Gasteiger partial charge in [0, 0.05) is 22.5 Å². The van der Waals surface area contributed by atoms with Crippen LogP contribution in [0.15, 0.2) is 54.6 Å². The number of carbonyl (C=O) groups is 1. The van der Waals surface area contributed by atoms with Gasteiger partial charge in [0.2, 0.25) is 0 Å². The van der Waals surface area contributed by atoms with Gasteiger partial charge in [0.1, 0.15) is 16.5 Å². The van der Waals surface area contributed by atoms with E-state index in [1.54, 1.807) is 18.3 Å². The zero-order valence-electron chi connectivity index (χ0n) is 16.2. The smallest absolute Gasteiger partial charge is 0.159 e. The predicted octanol–water partition coefficient (Wildman–Crippen LogP) is 5.72. The van der Waals surface area contributed by atoms with Gasteiger partial charge in [-0.2, -0.15) is 0 Å². The lowest BCUT2D eigenvalue weighted by atomic mass is 10.1. The van der Waals surface area contributed by atoms with E-state index < -0.39 is 0 Å². The highest BCUT2D eigenvalue weighted by Gasteiger charge is 2.22. The molecule has 0 aliphatic heterocycles. The fourth-order valence-electron chi connectivity index (χ4n) is 3.91. The van der Waals surface area contributed by atoms with Crippen molar-refractivity contribution in [3.63, 3.8) is 0 Å². The van der Waals surface area contributed by atoms with Crippen molar-refractivity contribution in [3.05, 3.63) is 82.0 Å². The Hall–Kier alpha value is -3.05. The van der Waals surface area contributed by atoms with E-state index in [0.717, 1.165) is 40.4 Å². The van der Waals surface area contributed by atoms with Gasteiger partial charge in [-0.25, -0.2) is 9.97 Å². The first-order valence-electron chi connectivity index (χ1n) is 9.90. The van der Waals surface area contributed by atoms with Gasteiger partial charge < -0.3 is 5.32 Å². The van der Waals surface area contributed by atoms with Crippen LogP contribution in [-0.2, 0) is 19.3 Å². The molecule has 0 spiro atoms. The molecular formula is C24H21N3OS.